The zero-order valence-corrected chi connectivity index (χ0v) is 11.9. The fourth-order valence-corrected chi connectivity index (χ4v) is 3.64. The molecule has 1 saturated heterocycles. The van der Waals surface area contributed by atoms with Crippen LogP contribution in [-0.2, 0) is 0 Å². The maximum Gasteiger partial charge on any atom is 0.0669 e. The molecule has 0 bridgehead atoms. The number of likely N-dealkylation sites (N-methyl/N-ethyl adjacent to an activating group) is 1. The van der Waals surface area contributed by atoms with Crippen molar-refractivity contribution in [2.45, 2.75) is 51.0 Å². The van der Waals surface area contributed by atoms with Crippen LogP contribution in [0.4, 0.5) is 0 Å². The van der Waals surface area contributed by atoms with Crippen LogP contribution in [0, 0.1) is 11.8 Å². The van der Waals surface area contributed by atoms with Gasteiger partial charge in [0.15, 0.2) is 0 Å². The third-order valence-corrected chi connectivity index (χ3v) is 4.63. The lowest BCUT2D eigenvalue weighted by molar-refractivity contribution is 0.0927. The van der Waals surface area contributed by atoms with Crippen molar-refractivity contribution in [1.29, 1.82) is 0 Å². The normalized spacial score (nSPS) is 24.8. The van der Waals surface area contributed by atoms with Gasteiger partial charge in [0.05, 0.1) is 6.10 Å². The second kappa shape index (κ2) is 7.46. The number of hydrogen-bond acceptors (Lipinski definition) is 3. The van der Waals surface area contributed by atoms with E-state index in [2.05, 4.69) is 17.3 Å². The highest BCUT2D eigenvalue weighted by Gasteiger charge is 2.21. The van der Waals surface area contributed by atoms with E-state index in [1.807, 2.05) is 0 Å². The predicted molar refractivity (Wildman–Crippen MR) is 75.7 cm³/mol. The molecular weight excluding hydrogens is 224 g/mol. The molecule has 0 amide bonds. The number of aliphatic hydroxyl groups excluding tert-OH is 1. The van der Waals surface area contributed by atoms with E-state index >= 15 is 0 Å². The molecule has 1 saturated carbocycles. The van der Waals surface area contributed by atoms with Gasteiger partial charge < -0.3 is 15.3 Å². The molecule has 18 heavy (non-hydrogen) atoms. The van der Waals surface area contributed by atoms with Crippen molar-refractivity contribution in [1.82, 2.24) is 10.2 Å². The first-order valence-electron chi connectivity index (χ1n) is 7.81. The van der Waals surface area contributed by atoms with Gasteiger partial charge in [-0.2, -0.15) is 0 Å². The third kappa shape index (κ3) is 4.87. The highest BCUT2D eigenvalue weighted by Crippen LogP contribution is 2.28. The number of hydrogen-bond donors (Lipinski definition) is 2. The lowest BCUT2D eigenvalue weighted by Gasteiger charge is -2.29. The molecule has 0 radical (unpaired) electrons. The van der Waals surface area contributed by atoms with Crippen LogP contribution < -0.4 is 5.32 Å². The maximum absolute atomic E-state index is 10.2. The first kappa shape index (κ1) is 14.3. The summed E-state index contributed by atoms with van der Waals surface area (Å²) in [6.07, 6.45) is 8.94. The summed E-state index contributed by atoms with van der Waals surface area (Å²) in [7, 11) is 2.17. The van der Waals surface area contributed by atoms with Crippen LogP contribution in [0.5, 0.6) is 0 Å². The molecule has 3 heteroatoms. The molecule has 2 N–H and O–H groups in total. The summed E-state index contributed by atoms with van der Waals surface area (Å²) >= 11 is 0. The average molecular weight is 254 g/mol. The Balaban J connectivity index is 1.61. The van der Waals surface area contributed by atoms with Gasteiger partial charge in [-0.3, -0.25) is 0 Å². The average Bonchev–Trinajstić information content (AvgIpc) is 2.82. The molecule has 1 heterocycles. The quantitative estimate of drug-likeness (QED) is 0.759. The fraction of sp³-hybridized carbons (Fsp3) is 1.00. The van der Waals surface area contributed by atoms with Gasteiger partial charge in [0.1, 0.15) is 0 Å². The molecule has 2 aliphatic rings. The standard InChI is InChI=1S/C15H30N2O/c1-17(11-14-6-8-16-9-7-14)12-15(18)10-13-4-2-3-5-13/h13-16,18H,2-12H2,1H3. The minimum Gasteiger partial charge on any atom is -0.392 e. The summed E-state index contributed by atoms with van der Waals surface area (Å²) in [5.41, 5.74) is 0. The predicted octanol–water partition coefficient (Wildman–Crippen LogP) is 1.86. The lowest BCUT2D eigenvalue weighted by atomic mass is 9.96. The summed E-state index contributed by atoms with van der Waals surface area (Å²) in [6, 6.07) is 0. The molecule has 1 unspecified atom stereocenters. The van der Waals surface area contributed by atoms with E-state index in [0.717, 1.165) is 31.3 Å². The molecule has 0 aromatic heterocycles. The Kier molecular flexibility index (Phi) is 5.93. The molecule has 1 atom stereocenters. The van der Waals surface area contributed by atoms with Crippen molar-refractivity contribution in [2.75, 3.05) is 33.2 Å². The van der Waals surface area contributed by atoms with Gasteiger partial charge in [-0.1, -0.05) is 25.7 Å². The van der Waals surface area contributed by atoms with E-state index in [1.165, 1.54) is 51.6 Å². The first-order valence-corrected chi connectivity index (χ1v) is 7.81. The van der Waals surface area contributed by atoms with Crippen molar-refractivity contribution in [3.63, 3.8) is 0 Å². The molecule has 106 valence electrons. The van der Waals surface area contributed by atoms with E-state index in [9.17, 15) is 5.11 Å². The third-order valence-electron chi connectivity index (χ3n) is 4.63. The second-order valence-corrected chi connectivity index (χ2v) is 6.45. The summed E-state index contributed by atoms with van der Waals surface area (Å²) in [5.74, 6) is 1.63. The van der Waals surface area contributed by atoms with Crippen molar-refractivity contribution in [2.24, 2.45) is 11.8 Å². The van der Waals surface area contributed by atoms with E-state index in [0.29, 0.717) is 0 Å². The molecule has 1 aliphatic carbocycles. The lowest BCUT2D eigenvalue weighted by Crippen LogP contribution is -2.37. The van der Waals surface area contributed by atoms with Crippen LogP contribution in [-0.4, -0.2) is 49.3 Å². The molecule has 2 rings (SSSR count). The molecular formula is C15H30N2O. The minimum atomic E-state index is -0.111. The number of rotatable bonds is 6. The van der Waals surface area contributed by atoms with E-state index < -0.39 is 0 Å². The Morgan fingerprint density at radius 1 is 1.11 bits per heavy atom. The minimum absolute atomic E-state index is 0.111. The van der Waals surface area contributed by atoms with Crippen molar-refractivity contribution in [3.05, 3.63) is 0 Å². The number of nitrogens with zero attached hydrogens (tertiary/aromatic N) is 1. The molecule has 3 nitrogen and oxygen atoms in total. The fourth-order valence-electron chi connectivity index (χ4n) is 3.64. The van der Waals surface area contributed by atoms with Gasteiger partial charge in [-0.25, -0.2) is 0 Å². The van der Waals surface area contributed by atoms with Gasteiger partial charge in [-0.05, 0) is 51.2 Å². The molecule has 0 aromatic rings. The Morgan fingerprint density at radius 2 is 1.78 bits per heavy atom. The first-order chi connectivity index (χ1) is 8.74. The van der Waals surface area contributed by atoms with Crippen LogP contribution in [0.1, 0.15) is 44.9 Å². The summed E-state index contributed by atoms with van der Waals surface area (Å²) in [4.78, 5) is 2.34. The maximum atomic E-state index is 10.2. The Morgan fingerprint density at radius 3 is 2.44 bits per heavy atom. The van der Waals surface area contributed by atoms with Crippen LogP contribution in [0.2, 0.25) is 0 Å². The SMILES string of the molecule is CN(CC(O)CC1CCCC1)CC1CCNCC1. The van der Waals surface area contributed by atoms with E-state index in [1.54, 1.807) is 0 Å². The zero-order chi connectivity index (χ0) is 12.8. The summed E-state index contributed by atoms with van der Waals surface area (Å²) in [6.45, 7) is 4.36. The summed E-state index contributed by atoms with van der Waals surface area (Å²) in [5, 5.41) is 13.6. The van der Waals surface area contributed by atoms with Gasteiger partial charge in [-0.15, -0.1) is 0 Å². The number of nitrogens with one attached hydrogen (secondary N) is 1. The monoisotopic (exact) mass is 254 g/mol. The van der Waals surface area contributed by atoms with E-state index in [4.69, 9.17) is 0 Å². The summed E-state index contributed by atoms with van der Waals surface area (Å²) < 4.78 is 0. The van der Waals surface area contributed by atoms with Crippen molar-refractivity contribution in [3.8, 4) is 0 Å². The highest BCUT2D eigenvalue weighted by molar-refractivity contribution is 4.75. The largest absolute Gasteiger partial charge is 0.392 e. The van der Waals surface area contributed by atoms with Crippen molar-refractivity contribution < 1.29 is 5.11 Å². The topological polar surface area (TPSA) is 35.5 Å². The molecule has 2 fully saturated rings. The number of aliphatic hydroxyl groups is 1. The highest BCUT2D eigenvalue weighted by atomic mass is 16.3. The Labute approximate surface area is 112 Å². The number of piperidine rings is 1. The Bertz CT molecular complexity index is 223. The van der Waals surface area contributed by atoms with Gasteiger partial charge in [0, 0.05) is 13.1 Å². The van der Waals surface area contributed by atoms with E-state index in [-0.39, 0.29) is 6.10 Å². The second-order valence-electron chi connectivity index (χ2n) is 6.45. The molecule has 0 spiro atoms. The van der Waals surface area contributed by atoms with Crippen LogP contribution >= 0.6 is 0 Å². The molecule has 1 aliphatic heterocycles. The van der Waals surface area contributed by atoms with Gasteiger partial charge in [0.25, 0.3) is 0 Å². The van der Waals surface area contributed by atoms with Gasteiger partial charge in [0.2, 0.25) is 0 Å². The van der Waals surface area contributed by atoms with Crippen LogP contribution in [0.15, 0.2) is 0 Å². The smallest absolute Gasteiger partial charge is 0.0669 e. The zero-order valence-electron chi connectivity index (χ0n) is 11.9. The van der Waals surface area contributed by atoms with Crippen molar-refractivity contribution >= 4 is 0 Å². The van der Waals surface area contributed by atoms with Crippen LogP contribution in [0.25, 0.3) is 0 Å². The Hall–Kier alpha value is -0.120. The molecule has 0 aromatic carbocycles. The van der Waals surface area contributed by atoms with Gasteiger partial charge >= 0.3 is 0 Å². The van der Waals surface area contributed by atoms with Crippen LogP contribution in [0.3, 0.4) is 0 Å².